The molecule has 0 unspecified atom stereocenters. The molecule has 0 aliphatic carbocycles. The molecule has 6 nitrogen and oxygen atoms in total. The number of methoxy groups -OCH3 is 3. The molecule has 1 N–H and O–H groups in total. The lowest BCUT2D eigenvalue weighted by atomic mass is 10.1. The average Bonchev–Trinajstić information content (AvgIpc) is 2.71. The minimum atomic E-state index is -1.05. The van der Waals surface area contributed by atoms with Crippen LogP contribution in [-0.2, 0) is 0 Å². The number of hydrogen-bond acceptors (Lipinski definition) is 5. The SMILES string of the molecule is COc1ccc(/C=C/c2ccc3ccc(C(=O)O)c(OC)c3n2)c(C)c1OC. The summed E-state index contributed by atoms with van der Waals surface area (Å²) in [6, 6.07) is 10.8. The molecule has 0 aliphatic heterocycles. The molecule has 0 aliphatic rings. The first kappa shape index (κ1) is 19.2. The highest BCUT2D eigenvalue weighted by atomic mass is 16.5. The van der Waals surface area contributed by atoms with E-state index in [1.807, 2.05) is 43.3 Å². The summed E-state index contributed by atoms with van der Waals surface area (Å²) in [5.74, 6) is 0.556. The summed E-state index contributed by atoms with van der Waals surface area (Å²) in [5, 5.41) is 10.2. The van der Waals surface area contributed by atoms with E-state index >= 15 is 0 Å². The van der Waals surface area contributed by atoms with E-state index in [9.17, 15) is 9.90 Å². The normalized spacial score (nSPS) is 11.0. The Morgan fingerprint density at radius 2 is 1.64 bits per heavy atom. The molecular weight excluding hydrogens is 358 g/mol. The number of aromatic carboxylic acids is 1. The molecule has 6 heteroatoms. The van der Waals surface area contributed by atoms with Crippen molar-refractivity contribution in [3.8, 4) is 17.2 Å². The quantitative estimate of drug-likeness (QED) is 0.682. The van der Waals surface area contributed by atoms with Crippen molar-refractivity contribution in [2.75, 3.05) is 21.3 Å². The third-order valence-corrected chi connectivity index (χ3v) is 4.54. The standard InChI is InChI=1S/C22H21NO5/c1-13-14(8-12-18(26-2)20(13)27-3)5-9-16-10-6-15-7-11-17(22(24)25)21(28-4)19(15)23-16/h5-12H,1-4H3,(H,24,25)/b9-5+. The highest BCUT2D eigenvalue weighted by Crippen LogP contribution is 2.34. The minimum Gasteiger partial charge on any atom is -0.494 e. The number of aromatic nitrogens is 1. The zero-order valence-electron chi connectivity index (χ0n) is 16.1. The highest BCUT2D eigenvalue weighted by molar-refractivity contribution is 5.99. The number of carbonyl (C=O) groups is 1. The number of benzene rings is 2. The molecule has 0 spiro atoms. The predicted molar refractivity (Wildman–Crippen MR) is 108 cm³/mol. The van der Waals surface area contributed by atoms with Crippen LogP contribution in [0.5, 0.6) is 17.2 Å². The van der Waals surface area contributed by atoms with Gasteiger partial charge in [0.15, 0.2) is 17.2 Å². The van der Waals surface area contributed by atoms with Crippen molar-refractivity contribution in [3.63, 3.8) is 0 Å². The van der Waals surface area contributed by atoms with Crippen molar-refractivity contribution in [1.82, 2.24) is 4.98 Å². The van der Waals surface area contributed by atoms with Gasteiger partial charge in [-0.25, -0.2) is 9.78 Å². The van der Waals surface area contributed by atoms with Crippen LogP contribution in [0, 0.1) is 6.92 Å². The van der Waals surface area contributed by atoms with Gasteiger partial charge < -0.3 is 19.3 Å². The topological polar surface area (TPSA) is 77.9 Å². The lowest BCUT2D eigenvalue weighted by molar-refractivity contribution is 0.0693. The van der Waals surface area contributed by atoms with Gasteiger partial charge in [-0.15, -0.1) is 0 Å². The van der Waals surface area contributed by atoms with Gasteiger partial charge in [-0.2, -0.15) is 0 Å². The van der Waals surface area contributed by atoms with Gasteiger partial charge in [-0.1, -0.05) is 24.3 Å². The number of rotatable bonds is 6. The van der Waals surface area contributed by atoms with Crippen molar-refractivity contribution in [2.24, 2.45) is 0 Å². The molecule has 0 saturated carbocycles. The number of pyridine rings is 1. The van der Waals surface area contributed by atoms with Crippen LogP contribution >= 0.6 is 0 Å². The van der Waals surface area contributed by atoms with E-state index in [-0.39, 0.29) is 11.3 Å². The first-order chi connectivity index (χ1) is 13.5. The van der Waals surface area contributed by atoms with Gasteiger partial charge in [0.2, 0.25) is 0 Å². The smallest absolute Gasteiger partial charge is 0.339 e. The second-order valence-electron chi connectivity index (χ2n) is 6.11. The molecule has 3 rings (SSSR count). The monoisotopic (exact) mass is 379 g/mol. The first-order valence-corrected chi connectivity index (χ1v) is 8.60. The lowest BCUT2D eigenvalue weighted by Crippen LogP contribution is -2.02. The molecule has 0 radical (unpaired) electrons. The molecule has 1 heterocycles. The predicted octanol–water partition coefficient (Wildman–Crippen LogP) is 4.44. The zero-order valence-corrected chi connectivity index (χ0v) is 16.1. The molecule has 1 aromatic heterocycles. The number of carboxylic acids is 1. The van der Waals surface area contributed by atoms with E-state index in [0.29, 0.717) is 22.7 Å². The fraction of sp³-hybridized carbons (Fsp3) is 0.182. The van der Waals surface area contributed by atoms with E-state index in [2.05, 4.69) is 4.98 Å². The van der Waals surface area contributed by atoms with Crippen LogP contribution < -0.4 is 14.2 Å². The summed E-state index contributed by atoms with van der Waals surface area (Å²) in [7, 11) is 4.65. The van der Waals surface area contributed by atoms with E-state index in [4.69, 9.17) is 14.2 Å². The van der Waals surface area contributed by atoms with Gasteiger partial charge in [0.25, 0.3) is 0 Å². The average molecular weight is 379 g/mol. The Kier molecular flexibility index (Phi) is 5.49. The Morgan fingerprint density at radius 3 is 2.29 bits per heavy atom. The summed E-state index contributed by atoms with van der Waals surface area (Å²) in [6.07, 6.45) is 3.79. The fourth-order valence-electron chi connectivity index (χ4n) is 3.10. The molecule has 0 fully saturated rings. The Morgan fingerprint density at radius 1 is 0.929 bits per heavy atom. The second kappa shape index (κ2) is 8.00. The maximum atomic E-state index is 11.4. The molecule has 3 aromatic rings. The van der Waals surface area contributed by atoms with Crippen LogP contribution in [0.2, 0.25) is 0 Å². The van der Waals surface area contributed by atoms with Gasteiger partial charge in [0.05, 0.1) is 27.0 Å². The highest BCUT2D eigenvalue weighted by Gasteiger charge is 2.15. The van der Waals surface area contributed by atoms with Crippen LogP contribution in [0.4, 0.5) is 0 Å². The number of ether oxygens (including phenoxy) is 3. The van der Waals surface area contributed by atoms with E-state index in [1.165, 1.54) is 13.2 Å². The maximum absolute atomic E-state index is 11.4. The molecule has 144 valence electrons. The number of hydrogen-bond donors (Lipinski definition) is 1. The minimum absolute atomic E-state index is 0.0827. The van der Waals surface area contributed by atoms with Crippen LogP contribution in [0.15, 0.2) is 36.4 Å². The number of carboxylic acid groups (broad SMARTS) is 1. The van der Waals surface area contributed by atoms with Crippen molar-refractivity contribution in [1.29, 1.82) is 0 Å². The van der Waals surface area contributed by atoms with Gasteiger partial charge in [0.1, 0.15) is 11.1 Å². The van der Waals surface area contributed by atoms with Crippen molar-refractivity contribution in [2.45, 2.75) is 6.92 Å². The zero-order chi connectivity index (χ0) is 20.3. The number of nitrogens with zero attached hydrogens (tertiary/aromatic N) is 1. The second-order valence-corrected chi connectivity index (χ2v) is 6.11. The van der Waals surface area contributed by atoms with Crippen LogP contribution in [-0.4, -0.2) is 37.4 Å². The molecule has 0 saturated heterocycles. The van der Waals surface area contributed by atoms with Crippen LogP contribution in [0.1, 0.15) is 27.2 Å². The number of fused-ring (bicyclic) bond motifs is 1. The Labute approximate surface area is 163 Å². The summed E-state index contributed by atoms with van der Waals surface area (Å²) < 4.78 is 16.1. The maximum Gasteiger partial charge on any atom is 0.339 e. The molecular formula is C22H21NO5. The van der Waals surface area contributed by atoms with Crippen molar-refractivity contribution < 1.29 is 24.1 Å². The molecule has 28 heavy (non-hydrogen) atoms. The summed E-state index contributed by atoms with van der Waals surface area (Å²) in [6.45, 7) is 1.96. The van der Waals surface area contributed by atoms with Crippen LogP contribution in [0.25, 0.3) is 23.1 Å². The third-order valence-electron chi connectivity index (χ3n) is 4.54. The van der Waals surface area contributed by atoms with Gasteiger partial charge >= 0.3 is 5.97 Å². The van der Waals surface area contributed by atoms with Gasteiger partial charge in [0, 0.05) is 10.9 Å². The Bertz CT molecular complexity index is 1070. The lowest BCUT2D eigenvalue weighted by Gasteiger charge is -2.12. The van der Waals surface area contributed by atoms with Gasteiger partial charge in [-0.3, -0.25) is 0 Å². The van der Waals surface area contributed by atoms with E-state index in [1.54, 1.807) is 20.3 Å². The molecule has 0 bridgehead atoms. The Balaban J connectivity index is 2.04. The molecule has 0 amide bonds. The first-order valence-electron chi connectivity index (χ1n) is 8.60. The van der Waals surface area contributed by atoms with E-state index in [0.717, 1.165) is 16.5 Å². The Hall–Kier alpha value is -3.54. The molecule has 2 aromatic carbocycles. The fourth-order valence-corrected chi connectivity index (χ4v) is 3.10. The summed E-state index contributed by atoms with van der Waals surface area (Å²) in [5.41, 5.74) is 3.19. The van der Waals surface area contributed by atoms with E-state index < -0.39 is 5.97 Å². The summed E-state index contributed by atoms with van der Waals surface area (Å²) in [4.78, 5) is 16.0. The molecule has 0 atom stereocenters. The van der Waals surface area contributed by atoms with Crippen molar-refractivity contribution in [3.05, 3.63) is 58.8 Å². The van der Waals surface area contributed by atoms with Crippen molar-refractivity contribution >= 4 is 29.0 Å². The van der Waals surface area contributed by atoms with Crippen LogP contribution in [0.3, 0.4) is 0 Å². The summed E-state index contributed by atoms with van der Waals surface area (Å²) >= 11 is 0. The van der Waals surface area contributed by atoms with Gasteiger partial charge in [-0.05, 0) is 36.8 Å². The largest absolute Gasteiger partial charge is 0.494 e. The third kappa shape index (κ3) is 3.49.